The lowest BCUT2D eigenvalue weighted by atomic mass is 10.0. The predicted molar refractivity (Wildman–Crippen MR) is 69.4 cm³/mol. The molecule has 2 nitrogen and oxygen atoms in total. The van der Waals surface area contributed by atoms with Crippen LogP contribution in [-0.2, 0) is 0 Å². The van der Waals surface area contributed by atoms with Gasteiger partial charge < -0.3 is 5.73 Å². The Hall–Kier alpha value is -0.900. The highest BCUT2D eigenvalue weighted by Gasteiger charge is 2.10. The average molecular weight is 298 g/mol. The predicted octanol–water partition coefficient (Wildman–Crippen LogP) is 3.55. The summed E-state index contributed by atoms with van der Waals surface area (Å²) in [5, 5.41) is 0.683. The Balaban J connectivity index is 2.34. The fourth-order valence-electron chi connectivity index (χ4n) is 1.46. The molecule has 0 spiro atoms. The van der Waals surface area contributed by atoms with Gasteiger partial charge in [0.05, 0.1) is 11.1 Å². The summed E-state index contributed by atoms with van der Waals surface area (Å²) in [5.41, 5.74) is 8.12. The summed E-state index contributed by atoms with van der Waals surface area (Å²) in [4.78, 5) is 4.05. The number of rotatable bonds is 2. The number of hydrogen-bond donors (Lipinski definition) is 1. The van der Waals surface area contributed by atoms with Crippen LogP contribution >= 0.6 is 27.5 Å². The number of halogens is 2. The van der Waals surface area contributed by atoms with Gasteiger partial charge in [0.25, 0.3) is 0 Å². The van der Waals surface area contributed by atoms with E-state index in [0.29, 0.717) is 5.02 Å². The topological polar surface area (TPSA) is 38.9 Å². The molecular weight excluding hydrogens is 288 g/mol. The molecule has 1 atom stereocenters. The van der Waals surface area contributed by atoms with Crippen LogP contribution in [-0.4, -0.2) is 4.98 Å². The second kappa shape index (κ2) is 4.95. The van der Waals surface area contributed by atoms with Gasteiger partial charge in [0.2, 0.25) is 0 Å². The molecule has 1 unspecified atom stereocenters. The first-order valence-corrected chi connectivity index (χ1v) is 5.96. The summed E-state index contributed by atoms with van der Waals surface area (Å²) in [6, 6.07) is 9.34. The lowest BCUT2D eigenvalue weighted by Crippen LogP contribution is -2.11. The van der Waals surface area contributed by atoms with Crippen LogP contribution in [0.4, 0.5) is 0 Å². The highest BCUT2D eigenvalue weighted by atomic mass is 79.9. The van der Waals surface area contributed by atoms with Crippen molar-refractivity contribution >= 4 is 27.5 Å². The first-order valence-electron chi connectivity index (χ1n) is 4.79. The molecule has 0 radical (unpaired) electrons. The zero-order chi connectivity index (χ0) is 11.5. The van der Waals surface area contributed by atoms with Crippen LogP contribution < -0.4 is 5.73 Å². The van der Waals surface area contributed by atoms with E-state index in [0.717, 1.165) is 15.6 Å². The van der Waals surface area contributed by atoms with E-state index in [1.54, 1.807) is 12.4 Å². The second-order valence-corrected chi connectivity index (χ2v) is 4.70. The molecule has 2 rings (SSSR count). The zero-order valence-corrected chi connectivity index (χ0v) is 10.7. The Morgan fingerprint density at radius 1 is 1.25 bits per heavy atom. The van der Waals surface area contributed by atoms with Gasteiger partial charge in [-0.3, -0.25) is 4.98 Å². The van der Waals surface area contributed by atoms with Crippen LogP contribution in [0, 0.1) is 0 Å². The molecule has 0 saturated carbocycles. The van der Waals surface area contributed by atoms with E-state index < -0.39 is 0 Å². The molecule has 2 N–H and O–H groups in total. The van der Waals surface area contributed by atoms with Crippen LogP contribution in [0.3, 0.4) is 0 Å². The summed E-state index contributed by atoms with van der Waals surface area (Å²) in [6.07, 6.45) is 3.50. The summed E-state index contributed by atoms with van der Waals surface area (Å²) >= 11 is 9.32. The minimum Gasteiger partial charge on any atom is -0.320 e. The minimum atomic E-state index is -0.178. The van der Waals surface area contributed by atoms with E-state index >= 15 is 0 Å². The number of nitrogens with zero attached hydrogens (tertiary/aromatic N) is 1. The smallest absolute Gasteiger partial charge is 0.0567 e. The minimum absolute atomic E-state index is 0.178. The van der Waals surface area contributed by atoms with Gasteiger partial charge in [-0.1, -0.05) is 23.7 Å². The zero-order valence-electron chi connectivity index (χ0n) is 8.40. The number of hydrogen-bond acceptors (Lipinski definition) is 2. The molecule has 16 heavy (non-hydrogen) atoms. The molecule has 0 bridgehead atoms. The Morgan fingerprint density at radius 3 is 2.69 bits per heavy atom. The van der Waals surface area contributed by atoms with Crippen LogP contribution in [0.25, 0.3) is 0 Å². The van der Waals surface area contributed by atoms with Crippen molar-refractivity contribution in [2.24, 2.45) is 5.73 Å². The molecule has 82 valence electrons. The molecule has 0 aliphatic carbocycles. The Morgan fingerprint density at radius 2 is 2.06 bits per heavy atom. The molecule has 0 aliphatic rings. The highest BCUT2D eigenvalue weighted by molar-refractivity contribution is 9.10. The quantitative estimate of drug-likeness (QED) is 0.921. The maximum Gasteiger partial charge on any atom is 0.0567 e. The van der Waals surface area contributed by atoms with E-state index in [1.165, 1.54) is 0 Å². The van der Waals surface area contributed by atoms with E-state index in [-0.39, 0.29) is 6.04 Å². The Labute approximate surface area is 108 Å². The molecule has 1 aromatic carbocycles. The van der Waals surface area contributed by atoms with Crippen LogP contribution in [0.1, 0.15) is 17.2 Å². The number of pyridine rings is 1. The van der Waals surface area contributed by atoms with Crippen molar-refractivity contribution in [2.75, 3.05) is 0 Å². The molecule has 0 amide bonds. The molecule has 1 aromatic heterocycles. The first kappa shape index (κ1) is 11.6. The van der Waals surface area contributed by atoms with Crippen molar-refractivity contribution in [3.05, 3.63) is 63.3 Å². The van der Waals surface area contributed by atoms with Crippen molar-refractivity contribution in [3.63, 3.8) is 0 Å². The summed E-state index contributed by atoms with van der Waals surface area (Å²) in [5.74, 6) is 0. The SMILES string of the molecule is NC(c1cccnc1)c1ccc(Cl)c(Br)c1. The molecule has 0 saturated heterocycles. The molecule has 0 aliphatic heterocycles. The van der Waals surface area contributed by atoms with Crippen LogP contribution in [0.15, 0.2) is 47.2 Å². The third kappa shape index (κ3) is 2.43. The van der Waals surface area contributed by atoms with Gasteiger partial charge in [-0.25, -0.2) is 0 Å². The van der Waals surface area contributed by atoms with Gasteiger partial charge in [0.15, 0.2) is 0 Å². The van der Waals surface area contributed by atoms with Gasteiger partial charge in [0.1, 0.15) is 0 Å². The van der Waals surface area contributed by atoms with E-state index in [2.05, 4.69) is 20.9 Å². The summed E-state index contributed by atoms with van der Waals surface area (Å²) in [7, 11) is 0. The molecule has 2 aromatic rings. The average Bonchev–Trinajstić information content (AvgIpc) is 2.33. The van der Waals surface area contributed by atoms with Crippen molar-refractivity contribution in [3.8, 4) is 0 Å². The van der Waals surface area contributed by atoms with Gasteiger partial charge in [0, 0.05) is 16.9 Å². The number of aromatic nitrogens is 1. The molecule has 0 fully saturated rings. The van der Waals surface area contributed by atoms with Crippen molar-refractivity contribution in [1.29, 1.82) is 0 Å². The largest absolute Gasteiger partial charge is 0.320 e. The maximum atomic E-state index is 6.13. The first-order chi connectivity index (χ1) is 7.68. The highest BCUT2D eigenvalue weighted by Crippen LogP contribution is 2.27. The lowest BCUT2D eigenvalue weighted by molar-refractivity contribution is 0.862. The van der Waals surface area contributed by atoms with E-state index in [1.807, 2.05) is 30.3 Å². The fourth-order valence-corrected chi connectivity index (χ4v) is 1.97. The van der Waals surface area contributed by atoms with Gasteiger partial charge in [-0.05, 0) is 45.3 Å². The standard InChI is InChI=1S/C12H10BrClN2/c13-10-6-8(3-4-11(10)14)12(15)9-2-1-5-16-7-9/h1-7,12H,15H2. The monoisotopic (exact) mass is 296 g/mol. The number of nitrogens with two attached hydrogens (primary N) is 1. The normalized spacial score (nSPS) is 12.4. The van der Waals surface area contributed by atoms with Crippen molar-refractivity contribution in [1.82, 2.24) is 4.98 Å². The van der Waals surface area contributed by atoms with Crippen molar-refractivity contribution in [2.45, 2.75) is 6.04 Å². The van der Waals surface area contributed by atoms with E-state index in [9.17, 15) is 0 Å². The second-order valence-electron chi connectivity index (χ2n) is 3.44. The Bertz CT molecular complexity index is 488. The summed E-state index contributed by atoms with van der Waals surface area (Å²) in [6.45, 7) is 0. The van der Waals surface area contributed by atoms with Crippen LogP contribution in [0.2, 0.25) is 5.02 Å². The van der Waals surface area contributed by atoms with Gasteiger partial charge >= 0.3 is 0 Å². The third-order valence-corrected chi connectivity index (χ3v) is 3.56. The molecular formula is C12H10BrClN2. The van der Waals surface area contributed by atoms with Gasteiger partial charge in [-0.15, -0.1) is 0 Å². The third-order valence-electron chi connectivity index (χ3n) is 2.35. The van der Waals surface area contributed by atoms with Gasteiger partial charge in [-0.2, -0.15) is 0 Å². The number of benzene rings is 1. The lowest BCUT2D eigenvalue weighted by Gasteiger charge is -2.12. The van der Waals surface area contributed by atoms with Crippen molar-refractivity contribution < 1.29 is 0 Å². The maximum absolute atomic E-state index is 6.13. The molecule has 4 heteroatoms. The summed E-state index contributed by atoms with van der Waals surface area (Å²) < 4.78 is 0.853. The Kier molecular flexibility index (Phi) is 3.59. The fraction of sp³-hybridized carbons (Fsp3) is 0.0833. The van der Waals surface area contributed by atoms with E-state index in [4.69, 9.17) is 17.3 Å². The van der Waals surface area contributed by atoms with Crippen LogP contribution in [0.5, 0.6) is 0 Å². The molecule has 1 heterocycles.